The fraction of sp³-hybridized carbons (Fsp3) is 0.500. The largest absolute Gasteiger partial charge is 0.366 e. The first kappa shape index (κ1) is 105. The number of hydrogen-bond donors (Lipinski definition) is 13. The number of benzene rings is 6. The first-order chi connectivity index (χ1) is 63.7. The van der Waals surface area contributed by atoms with Crippen molar-refractivity contribution in [3.8, 4) is 0 Å². The summed E-state index contributed by atoms with van der Waals surface area (Å²) in [5.74, 6) is 0.478. The Morgan fingerprint density at radius 1 is 0.455 bits per heavy atom. The third-order valence-corrected chi connectivity index (χ3v) is 28.7. The Labute approximate surface area is 787 Å². The minimum absolute atomic E-state index is 0.0498. The van der Waals surface area contributed by atoms with Crippen LogP contribution in [0.2, 0.25) is 0 Å². The number of piperidine rings is 4. The van der Waals surface area contributed by atoms with Crippen molar-refractivity contribution in [1.82, 2.24) is 56.6 Å². The van der Waals surface area contributed by atoms with Gasteiger partial charge in [0, 0.05) is 148 Å². The molecule has 7 heterocycles. The number of hydrogen-bond acceptors (Lipinski definition) is 22. The van der Waals surface area contributed by atoms with Crippen LogP contribution in [-0.4, -0.2) is 220 Å². The van der Waals surface area contributed by atoms with Crippen LogP contribution >= 0.6 is 34.0 Å². The van der Waals surface area contributed by atoms with Gasteiger partial charge in [-0.15, -0.1) is 34.0 Å². The molecule has 4 saturated heterocycles. The van der Waals surface area contributed by atoms with E-state index in [9.17, 15) is 47.9 Å². The van der Waals surface area contributed by atoms with Gasteiger partial charge in [-0.25, -0.2) is 21.9 Å². The number of hydroxylamine groups is 4. The number of carbonyl (C=O) groups excluding carboxylic acids is 10. The van der Waals surface area contributed by atoms with Crippen molar-refractivity contribution in [3.63, 3.8) is 0 Å². The van der Waals surface area contributed by atoms with Gasteiger partial charge in [-0.1, -0.05) is 117 Å². The highest BCUT2D eigenvalue weighted by molar-refractivity contribution is 7.20. The molecule has 10 amide bonds. The van der Waals surface area contributed by atoms with Crippen molar-refractivity contribution >= 4 is 134 Å². The lowest BCUT2D eigenvalue weighted by Crippen LogP contribution is -2.54. The number of likely N-dealkylation sites (N-methyl/N-ethyl adjacent to an activating group) is 2. The average Bonchev–Trinajstić information content (AvgIpc) is 1.40. The van der Waals surface area contributed by atoms with E-state index in [2.05, 4.69) is 83.4 Å². The van der Waals surface area contributed by atoms with Gasteiger partial charge in [-0.3, -0.25) is 68.8 Å². The number of thiophene rings is 3. The van der Waals surface area contributed by atoms with Crippen molar-refractivity contribution in [2.24, 2.45) is 46.6 Å². The molecule has 4 fully saturated rings. The molecular weight excluding hydrogens is 1730 g/mol. The zero-order valence-corrected chi connectivity index (χ0v) is 79.5. The molecule has 32 heteroatoms. The molecule has 716 valence electrons. The van der Waals surface area contributed by atoms with E-state index < -0.39 is 6.04 Å². The lowest BCUT2D eigenvalue weighted by molar-refractivity contribution is -0.135. The van der Waals surface area contributed by atoms with Crippen molar-refractivity contribution in [2.75, 3.05) is 92.6 Å². The average molecular weight is 1870 g/mol. The minimum atomic E-state index is -0.604. The van der Waals surface area contributed by atoms with E-state index in [1.165, 1.54) is 53.6 Å². The van der Waals surface area contributed by atoms with Crippen LogP contribution in [0.25, 0.3) is 41.0 Å². The fourth-order valence-electron chi connectivity index (χ4n) is 17.7. The van der Waals surface area contributed by atoms with Gasteiger partial charge in [0.2, 0.25) is 53.2 Å². The molecule has 17 N–H and O–H groups in total. The molecule has 4 atom stereocenters. The topological polar surface area (TPSA) is 435 Å². The van der Waals surface area contributed by atoms with E-state index >= 15 is 0 Å². The second-order valence-electron chi connectivity index (χ2n) is 35.5. The number of nitrogens with one attached hydrogen (secondary N) is 5. The Hall–Kier alpha value is -10.2. The van der Waals surface area contributed by atoms with Crippen molar-refractivity contribution in [1.29, 1.82) is 0 Å². The van der Waals surface area contributed by atoms with Gasteiger partial charge in [-0.2, -0.15) is 0 Å². The molecule has 6 aromatic carbocycles. The van der Waals surface area contributed by atoms with Crippen LogP contribution in [0.15, 0.2) is 156 Å². The van der Waals surface area contributed by atoms with E-state index in [-0.39, 0.29) is 77.2 Å². The van der Waals surface area contributed by atoms with E-state index in [1.807, 2.05) is 124 Å². The van der Waals surface area contributed by atoms with Gasteiger partial charge < -0.3 is 57.7 Å². The van der Waals surface area contributed by atoms with Crippen LogP contribution in [0.5, 0.6) is 0 Å². The normalized spacial score (nSPS) is 15.4. The summed E-state index contributed by atoms with van der Waals surface area (Å²) in [6, 6.07) is 46.9. The SMILES string of the molecule is CCN(CC)CCc1ccc(C(N)=O)cc1.CN(C)CC(NC(=O)c1cc2ccccc2s1)C(=O)N1CCC(CCCC(=O)NO)CC1.N[C@@H](CC(=O)N1CCC(CCCC(=O)NO)CC1)Cc1csc2ccccc12.N[C@@H](CC(=O)N1CCC(CCCC(=O)NO)CC1)c1ccc2ccccc2c1.N[C@H](CC(=O)N1CCC(CCCC(=O)NO)CC1)Cc1csc2ccccc12. The molecule has 1 unspecified atom stereocenters. The molecular formula is C100H139N15O14S3. The maximum absolute atomic E-state index is 13.2. The van der Waals surface area contributed by atoms with Gasteiger partial charge in [0.05, 0.1) is 4.88 Å². The molecule has 9 aromatic rings. The smallest absolute Gasteiger partial charge is 0.262 e. The minimum Gasteiger partial charge on any atom is -0.366 e. The summed E-state index contributed by atoms with van der Waals surface area (Å²) >= 11 is 4.88. The van der Waals surface area contributed by atoms with Crippen LogP contribution in [-0.2, 0) is 57.6 Å². The highest BCUT2D eigenvalue weighted by Crippen LogP contribution is 2.33. The van der Waals surface area contributed by atoms with Gasteiger partial charge in [0.25, 0.3) is 5.91 Å². The number of nitrogens with zero attached hydrogens (tertiary/aromatic N) is 6. The summed E-state index contributed by atoms with van der Waals surface area (Å²) < 4.78 is 3.57. The van der Waals surface area contributed by atoms with Crippen LogP contribution in [0.4, 0.5) is 0 Å². The van der Waals surface area contributed by atoms with Crippen LogP contribution in [0.3, 0.4) is 0 Å². The molecule has 0 bridgehead atoms. The number of likely N-dealkylation sites (tertiary alicyclic amines) is 4. The van der Waals surface area contributed by atoms with Gasteiger partial charge >= 0.3 is 0 Å². The maximum Gasteiger partial charge on any atom is 0.262 e. The third kappa shape index (κ3) is 35.0. The van der Waals surface area contributed by atoms with Crippen LogP contribution < -0.4 is 50.2 Å². The van der Waals surface area contributed by atoms with Crippen LogP contribution in [0, 0.1) is 23.7 Å². The Kier molecular flexibility index (Phi) is 44.8. The number of nitrogens with two attached hydrogens (primary N) is 4. The monoisotopic (exact) mass is 1870 g/mol. The van der Waals surface area contributed by atoms with E-state index in [4.69, 9.17) is 43.8 Å². The predicted octanol–water partition coefficient (Wildman–Crippen LogP) is 13.4. The van der Waals surface area contributed by atoms with Crippen LogP contribution in [0.1, 0.15) is 210 Å². The standard InChI is InChI=1S/C23H32N4O4S.C22H29N3O3.2C21H29N3O3S.C13H20N2O/c1-26(2)15-18(24-22(29)20-14-17-7-3-4-8-19(17)32-20)23(30)27-12-10-16(11-13-27)6-5-9-21(28)25-31;23-20(19-9-8-17-5-1-2-6-18(17)14-19)15-22(27)25-12-10-16(11-13-25)4-3-7-21(26)24-28;2*22-17(12-16-14-28-19-6-2-1-5-18(16)19)13-21(26)24-10-8-15(9-11-24)4-3-7-20(25)23-27;1-3-15(4-2)10-9-11-5-7-12(8-6-11)13(14)16/h3-4,7-8,14,16,18,31H,5-6,9-13,15H2,1-2H3,(H,24,29)(H,25,28);1-2,5-6,8-9,14,16,20,28H,3-4,7,10-13,15,23H2,(H,24,26);2*1-2,5-6,14-15,17,27H,3-4,7-13,22H2,(H,23,25);5-8H,3-4,9-10H2,1-2H3,(H2,14,16)/t;20-;2*17-;/m.010./s1. The molecule has 13 rings (SSSR count). The number of carbonyl (C=O) groups is 10. The summed E-state index contributed by atoms with van der Waals surface area (Å²) in [5.41, 5.74) is 36.0. The second-order valence-corrected chi connectivity index (χ2v) is 38.4. The number of primary amides is 1. The summed E-state index contributed by atoms with van der Waals surface area (Å²) in [5, 5.41) is 47.2. The molecule has 4 aliphatic rings. The highest BCUT2D eigenvalue weighted by atomic mass is 32.1. The van der Waals surface area contributed by atoms with Gasteiger partial charge in [0.1, 0.15) is 6.04 Å². The third-order valence-electron chi connectivity index (χ3n) is 25.6. The lowest BCUT2D eigenvalue weighted by atomic mass is 9.91. The zero-order chi connectivity index (χ0) is 94.9. The molecule has 0 spiro atoms. The number of amides is 10. The van der Waals surface area contributed by atoms with E-state index in [0.29, 0.717) is 98.7 Å². The zero-order valence-electron chi connectivity index (χ0n) is 77.1. The Morgan fingerprint density at radius 3 is 1.24 bits per heavy atom. The molecule has 132 heavy (non-hydrogen) atoms. The molecule has 4 aliphatic heterocycles. The Balaban J connectivity index is 0.000000188. The maximum atomic E-state index is 13.2. The number of rotatable bonds is 38. The first-order valence-corrected chi connectivity index (χ1v) is 49.4. The fourth-order valence-corrected chi connectivity index (χ4v) is 20.6. The quantitative estimate of drug-likeness (QED) is 0.0126. The van der Waals surface area contributed by atoms with Crippen molar-refractivity contribution < 1.29 is 68.8 Å². The molecule has 3 aromatic heterocycles. The molecule has 29 nitrogen and oxygen atoms in total. The van der Waals surface area contributed by atoms with Crippen molar-refractivity contribution in [3.05, 3.63) is 189 Å². The summed E-state index contributed by atoms with van der Waals surface area (Å²) in [4.78, 5) is 132. The first-order valence-electron chi connectivity index (χ1n) is 46.8. The summed E-state index contributed by atoms with van der Waals surface area (Å²) in [6.07, 6.45) is 19.2. The Morgan fingerprint density at radius 2 is 0.841 bits per heavy atom. The molecule has 0 radical (unpaired) electrons. The second kappa shape index (κ2) is 56.1. The molecule has 0 saturated carbocycles. The predicted molar refractivity (Wildman–Crippen MR) is 522 cm³/mol. The van der Waals surface area contributed by atoms with E-state index in [1.54, 1.807) is 56.7 Å². The van der Waals surface area contributed by atoms with Crippen molar-refractivity contribution in [2.45, 2.75) is 205 Å². The lowest BCUT2D eigenvalue weighted by Gasteiger charge is -2.35. The highest BCUT2D eigenvalue weighted by Gasteiger charge is 2.33. The number of fused-ring (bicyclic) bond motifs is 4. The van der Waals surface area contributed by atoms with Gasteiger partial charge in [-0.05, 0) is 275 Å². The van der Waals surface area contributed by atoms with E-state index in [0.717, 1.165) is 202 Å². The Bertz CT molecular complexity index is 4940. The van der Waals surface area contributed by atoms with Gasteiger partial charge in [0.15, 0.2) is 0 Å². The summed E-state index contributed by atoms with van der Waals surface area (Å²) in [6.45, 7) is 13.9. The molecule has 0 aliphatic carbocycles. The summed E-state index contributed by atoms with van der Waals surface area (Å²) in [7, 11) is 3.78.